The van der Waals surface area contributed by atoms with E-state index < -0.39 is 0 Å². The molecule has 0 spiro atoms. The fraction of sp³-hybridized carbons (Fsp3) is 0.417. The number of amides is 1. The highest BCUT2D eigenvalue weighted by molar-refractivity contribution is 5.93. The Labute approximate surface area is 89.7 Å². The normalized spacial score (nSPS) is 23.7. The van der Waals surface area contributed by atoms with Crippen LogP contribution >= 0.6 is 0 Å². The van der Waals surface area contributed by atoms with Crippen molar-refractivity contribution in [2.24, 2.45) is 0 Å². The molecule has 3 nitrogen and oxygen atoms in total. The van der Waals surface area contributed by atoms with E-state index in [0.717, 1.165) is 12.2 Å². The first-order chi connectivity index (χ1) is 7.03. The number of nitrogens with zero attached hydrogens (tertiary/aromatic N) is 1. The van der Waals surface area contributed by atoms with Gasteiger partial charge in [-0.05, 0) is 24.6 Å². The quantitative estimate of drug-likeness (QED) is 0.687. The van der Waals surface area contributed by atoms with Gasteiger partial charge in [0.05, 0.1) is 6.61 Å². The van der Waals surface area contributed by atoms with Crippen LogP contribution in [0, 0.1) is 0 Å². The van der Waals surface area contributed by atoms with Crippen LogP contribution in [0.5, 0.6) is 0 Å². The number of hydrogen-bond donors (Lipinski definition) is 0. The number of carbonyl (C=O) groups is 1. The van der Waals surface area contributed by atoms with Crippen LogP contribution < -0.4 is 0 Å². The lowest BCUT2D eigenvalue weighted by Crippen LogP contribution is -2.21. The molecule has 1 unspecified atom stereocenters. The maximum Gasteiger partial charge on any atom is 0.253 e. The van der Waals surface area contributed by atoms with Crippen molar-refractivity contribution < 1.29 is 9.53 Å². The molecule has 1 fully saturated rings. The first kappa shape index (κ1) is 10.2. The number of hydrogen-bond acceptors (Lipinski definition) is 2. The van der Waals surface area contributed by atoms with Crippen LogP contribution in [0.15, 0.2) is 24.3 Å². The third-order valence-electron chi connectivity index (χ3n) is 2.73. The van der Waals surface area contributed by atoms with E-state index in [2.05, 4.69) is 6.92 Å². The molecular weight excluding hydrogens is 190 g/mol. The molecule has 1 aliphatic heterocycles. The summed E-state index contributed by atoms with van der Waals surface area (Å²) in [5.41, 5.74) is 1.74. The molecule has 0 aliphatic carbocycles. The summed E-state index contributed by atoms with van der Waals surface area (Å²) in [7, 11) is 3.50. The number of epoxide rings is 1. The van der Waals surface area contributed by atoms with E-state index in [9.17, 15) is 4.79 Å². The molecule has 0 aromatic heterocycles. The minimum atomic E-state index is -0.111. The van der Waals surface area contributed by atoms with Gasteiger partial charge < -0.3 is 9.64 Å². The van der Waals surface area contributed by atoms with Gasteiger partial charge in [0.15, 0.2) is 0 Å². The van der Waals surface area contributed by atoms with Gasteiger partial charge in [-0.2, -0.15) is 0 Å². The second kappa shape index (κ2) is 3.35. The highest BCUT2D eigenvalue weighted by atomic mass is 16.6. The van der Waals surface area contributed by atoms with Gasteiger partial charge in [-0.15, -0.1) is 0 Å². The van der Waals surface area contributed by atoms with Crippen molar-refractivity contribution in [3.63, 3.8) is 0 Å². The fourth-order valence-electron chi connectivity index (χ4n) is 1.50. The topological polar surface area (TPSA) is 32.8 Å². The molecule has 0 bridgehead atoms. The van der Waals surface area contributed by atoms with Crippen LogP contribution in [0.3, 0.4) is 0 Å². The molecule has 1 aromatic rings. The largest absolute Gasteiger partial charge is 0.365 e. The third-order valence-corrected chi connectivity index (χ3v) is 2.73. The molecule has 1 saturated heterocycles. The lowest BCUT2D eigenvalue weighted by Gasteiger charge is -2.11. The summed E-state index contributed by atoms with van der Waals surface area (Å²) in [5.74, 6) is 0.0309. The van der Waals surface area contributed by atoms with E-state index in [0.29, 0.717) is 5.56 Å². The monoisotopic (exact) mass is 205 g/mol. The van der Waals surface area contributed by atoms with Gasteiger partial charge >= 0.3 is 0 Å². The van der Waals surface area contributed by atoms with Crippen molar-refractivity contribution >= 4 is 5.91 Å². The second-order valence-corrected chi connectivity index (χ2v) is 4.30. The lowest BCUT2D eigenvalue weighted by molar-refractivity contribution is 0.0827. The maximum atomic E-state index is 11.6. The summed E-state index contributed by atoms with van der Waals surface area (Å²) in [4.78, 5) is 13.2. The highest BCUT2D eigenvalue weighted by Gasteiger charge is 2.40. The van der Waals surface area contributed by atoms with Gasteiger partial charge in [0, 0.05) is 19.7 Å². The molecular formula is C12H15NO2. The predicted octanol–water partition coefficient (Wildman–Crippen LogP) is 1.63. The van der Waals surface area contributed by atoms with Crippen LogP contribution in [0.4, 0.5) is 0 Å². The summed E-state index contributed by atoms with van der Waals surface area (Å²) >= 11 is 0. The zero-order valence-electron chi connectivity index (χ0n) is 9.28. The van der Waals surface area contributed by atoms with E-state index >= 15 is 0 Å². The summed E-state index contributed by atoms with van der Waals surface area (Å²) in [6, 6.07) is 7.63. The summed E-state index contributed by atoms with van der Waals surface area (Å²) in [6.45, 7) is 2.82. The molecule has 80 valence electrons. The van der Waals surface area contributed by atoms with Crippen molar-refractivity contribution in [1.29, 1.82) is 0 Å². The maximum absolute atomic E-state index is 11.6. The minimum Gasteiger partial charge on any atom is -0.365 e. The average Bonchev–Trinajstić information content (AvgIpc) is 2.97. The van der Waals surface area contributed by atoms with E-state index in [1.807, 2.05) is 24.3 Å². The molecule has 1 amide bonds. The molecule has 1 aromatic carbocycles. The molecule has 0 radical (unpaired) electrons. The molecule has 0 N–H and O–H groups in total. The van der Waals surface area contributed by atoms with E-state index in [4.69, 9.17) is 4.74 Å². The minimum absolute atomic E-state index is 0.0309. The molecule has 3 heteroatoms. The predicted molar refractivity (Wildman–Crippen MR) is 57.8 cm³/mol. The first-order valence-corrected chi connectivity index (χ1v) is 4.99. The Kier molecular flexibility index (Phi) is 2.27. The second-order valence-electron chi connectivity index (χ2n) is 4.30. The average molecular weight is 205 g/mol. The Hall–Kier alpha value is -1.35. The molecule has 0 saturated carbocycles. The highest BCUT2D eigenvalue weighted by Crippen LogP contribution is 2.37. The Morgan fingerprint density at radius 1 is 1.33 bits per heavy atom. The van der Waals surface area contributed by atoms with Crippen LogP contribution in [0.1, 0.15) is 22.8 Å². The van der Waals surface area contributed by atoms with Gasteiger partial charge in [0.25, 0.3) is 5.91 Å². The number of carbonyl (C=O) groups excluding carboxylic acids is 1. The Balaban J connectivity index is 2.21. The van der Waals surface area contributed by atoms with Crippen LogP contribution in [-0.4, -0.2) is 31.5 Å². The van der Waals surface area contributed by atoms with Crippen molar-refractivity contribution in [3.8, 4) is 0 Å². The first-order valence-electron chi connectivity index (χ1n) is 4.99. The van der Waals surface area contributed by atoms with Crippen LogP contribution in [0.2, 0.25) is 0 Å². The molecule has 15 heavy (non-hydrogen) atoms. The van der Waals surface area contributed by atoms with Gasteiger partial charge in [-0.3, -0.25) is 4.79 Å². The number of rotatable bonds is 2. The standard InChI is InChI=1S/C12H15NO2/c1-12(8-15-12)10-6-4-9(5-7-10)11(14)13(2)3/h4-7H,8H2,1-3H3. The number of benzene rings is 1. The van der Waals surface area contributed by atoms with E-state index in [-0.39, 0.29) is 11.5 Å². The SMILES string of the molecule is CN(C)C(=O)c1ccc(C2(C)CO2)cc1. The summed E-state index contributed by atoms with van der Waals surface area (Å²) in [6.07, 6.45) is 0. The van der Waals surface area contributed by atoms with Crippen LogP contribution in [-0.2, 0) is 10.3 Å². The Morgan fingerprint density at radius 3 is 2.27 bits per heavy atom. The molecule has 2 rings (SSSR count). The van der Waals surface area contributed by atoms with Gasteiger partial charge in [-0.25, -0.2) is 0 Å². The van der Waals surface area contributed by atoms with Crippen molar-refractivity contribution in [2.75, 3.05) is 20.7 Å². The number of ether oxygens (including phenoxy) is 1. The fourth-order valence-corrected chi connectivity index (χ4v) is 1.50. The van der Waals surface area contributed by atoms with Crippen molar-refractivity contribution in [3.05, 3.63) is 35.4 Å². The van der Waals surface area contributed by atoms with Crippen molar-refractivity contribution in [2.45, 2.75) is 12.5 Å². The zero-order valence-corrected chi connectivity index (χ0v) is 9.28. The molecule has 1 atom stereocenters. The van der Waals surface area contributed by atoms with E-state index in [1.54, 1.807) is 19.0 Å². The van der Waals surface area contributed by atoms with Gasteiger partial charge in [-0.1, -0.05) is 12.1 Å². The lowest BCUT2D eigenvalue weighted by atomic mass is 10.0. The van der Waals surface area contributed by atoms with Crippen LogP contribution in [0.25, 0.3) is 0 Å². The van der Waals surface area contributed by atoms with E-state index in [1.165, 1.54) is 0 Å². The molecule has 1 heterocycles. The third kappa shape index (κ3) is 1.88. The summed E-state index contributed by atoms with van der Waals surface area (Å²) in [5, 5.41) is 0. The Bertz CT molecular complexity index is 377. The van der Waals surface area contributed by atoms with Crippen molar-refractivity contribution in [1.82, 2.24) is 4.90 Å². The van der Waals surface area contributed by atoms with Gasteiger partial charge in [0.2, 0.25) is 0 Å². The molecule has 1 aliphatic rings. The smallest absolute Gasteiger partial charge is 0.253 e. The Morgan fingerprint density at radius 2 is 1.87 bits per heavy atom. The summed E-state index contributed by atoms with van der Waals surface area (Å²) < 4.78 is 5.33. The zero-order chi connectivity index (χ0) is 11.1. The van der Waals surface area contributed by atoms with Gasteiger partial charge in [0.1, 0.15) is 5.60 Å².